The summed E-state index contributed by atoms with van der Waals surface area (Å²) in [5.41, 5.74) is -1.06. The predicted octanol–water partition coefficient (Wildman–Crippen LogP) is 2.53. The van der Waals surface area contributed by atoms with Gasteiger partial charge in [-0.15, -0.1) is 0 Å². The van der Waals surface area contributed by atoms with Crippen LogP contribution in [-0.2, 0) is 11.2 Å². The fraction of sp³-hybridized carbons (Fsp3) is 0.267. The van der Waals surface area contributed by atoms with Gasteiger partial charge in [-0.1, -0.05) is 24.2 Å². The quantitative estimate of drug-likeness (QED) is 0.914. The lowest BCUT2D eigenvalue weighted by Gasteiger charge is -2.08. The van der Waals surface area contributed by atoms with E-state index in [1.54, 1.807) is 0 Å². The Kier molecular flexibility index (Phi) is 1.15. The minimum atomic E-state index is -3.74. The van der Waals surface area contributed by atoms with Gasteiger partial charge in [-0.3, -0.25) is 4.79 Å². The first-order valence-electron chi connectivity index (χ1n) is 11.7. The van der Waals surface area contributed by atoms with E-state index in [1.807, 2.05) is 0 Å². The first-order valence-corrected chi connectivity index (χ1v) is 4.76. The van der Waals surface area contributed by atoms with Gasteiger partial charge in [-0.25, -0.2) is 0 Å². The standard InChI is InChI=1S/C15H17NO2/c1-11(17)16-9-8-13-5-3-4-12-6-7-14(18-2)10-15(12)13/h3-7,10H,8-9H2,1-2H3,(H,16,17)/i1D3,3D,4D,5D,6D,7D,8D2,9D2,10D/hD. The van der Waals surface area contributed by atoms with Gasteiger partial charge in [-0.05, 0) is 34.8 Å². The number of hydrogen-bond donors (Lipinski definition) is 1. The highest BCUT2D eigenvalue weighted by Gasteiger charge is 2.03. The van der Waals surface area contributed by atoms with Gasteiger partial charge in [0.05, 0.1) is 15.3 Å². The van der Waals surface area contributed by atoms with E-state index in [1.165, 1.54) is 0 Å². The van der Waals surface area contributed by atoms with E-state index in [4.69, 9.17) is 24.0 Å². The highest BCUT2D eigenvalue weighted by atomic mass is 16.5. The van der Waals surface area contributed by atoms with E-state index in [-0.39, 0.29) is 0 Å². The monoisotopic (exact) mass is 257 g/mol. The van der Waals surface area contributed by atoms with Gasteiger partial charge >= 0.3 is 0 Å². The maximum absolute atomic E-state index is 12.0. The first kappa shape index (κ1) is 3.73. The lowest BCUT2D eigenvalue weighted by molar-refractivity contribution is -0.118. The summed E-state index contributed by atoms with van der Waals surface area (Å²) in [5.74, 6) is -2.60. The van der Waals surface area contributed by atoms with E-state index in [0.29, 0.717) is 0 Å². The van der Waals surface area contributed by atoms with Crippen molar-refractivity contribution in [3.63, 3.8) is 0 Å². The van der Waals surface area contributed by atoms with Crippen LogP contribution in [0.1, 0.15) is 30.2 Å². The summed E-state index contributed by atoms with van der Waals surface area (Å²) in [7, 11) is 1.05. The first-order chi connectivity index (χ1) is 14.4. The molecule has 0 saturated heterocycles. The van der Waals surface area contributed by atoms with Crippen molar-refractivity contribution in [1.82, 2.24) is 5.31 Å². The van der Waals surface area contributed by atoms with E-state index in [9.17, 15) is 4.79 Å². The van der Waals surface area contributed by atoms with Gasteiger partial charge in [0.15, 0.2) is 1.41 Å². The molecule has 0 aliphatic rings. The zero-order valence-electron chi connectivity index (χ0n) is 23.3. The highest BCUT2D eigenvalue weighted by Crippen LogP contribution is 2.24. The summed E-state index contributed by atoms with van der Waals surface area (Å²) < 4.78 is 115. The number of benzene rings is 2. The minimum absolute atomic E-state index is 0.544. The molecule has 3 heteroatoms. The molecule has 18 heavy (non-hydrogen) atoms. The minimum Gasteiger partial charge on any atom is -0.497 e. The number of aryl methyl sites for hydroxylation is 1. The van der Waals surface area contributed by atoms with E-state index >= 15 is 0 Å². The Balaban J connectivity index is 3.06. The molecule has 0 bridgehead atoms. The molecular weight excluding hydrogens is 226 g/mol. The Labute approximate surface area is 126 Å². The molecule has 0 aliphatic heterocycles. The number of nitrogens with one attached hydrogen (secondary N) is 1. The third-order valence-corrected chi connectivity index (χ3v) is 1.96. The average Bonchev–Trinajstić information content (AvgIpc) is 2.68. The van der Waals surface area contributed by atoms with Crippen LogP contribution in [0.25, 0.3) is 10.8 Å². The fourth-order valence-electron chi connectivity index (χ4n) is 1.22. The maximum Gasteiger partial charge on any atom is 0.216 e. The van der Waals surface area contributed by atoms with Crippen molar-refractivity contribution in [2.24, 2.45) is 0 Å². The molecule has 0 atom stereocenters. The van der Waals surface area contributed by atoms with Gasteiger partial charge in [0.2, 0.25) is 5.91 Å². The van der Waals surface area contributed by atoms with Gasteiger partial charge in [-0.2, -0.15) is 0 Å². The smallest absolute Gasteiger partial charge is 0.216 e. The lowest BCUT2D eigenvalue weighted by atomic mass is 10.0. The van der Waals surface area contributed by atoms with Gasteiger partial charge < -0.3 is 10.0 Å². The van der Waals surface area contributed by atoms with Gasteiger partial charge in [0.25, 0.3) is 0 Å². The van der Waals surface area contributed by atoms with Crippen LogP contribution in [0.2, 0.25) is 1.41 Å². The zero-order valence-corrected chi connectivity index (χ0v) is 9.26. The third kappa shape index (κ3) is 2.80. The van der Waals surface area contributed by atoms with Crippen LogP contribution in [0.15, 0.2) is 36.3 Å². The molecule has 0 aliphatic carbocycles. The number of amides is 1. The molecule has 2 aromatic rings. The lowest BCUT2D eigenvalue weighted by Crippen LogP contribution is -2.22. The molecule has 2 aromatic carbocycles. The van der Waals surface area contributed by atoms with E-state index < -0.39 is 89.3 Å². The number of carbonyl (C=O) groups is 1. The largest absolute Gasteiger partial charge is 0.497 e. The van der Waals surface area contributed by atoms with Crippen molar-refractivity contribution in [1.29, 1.82) is 0 Å². The Bertz CT molecular complexity index is 1110. The number of rotatable bonds is 4. The Morgan fingerprint density at radius 2 is 2.44 bits per heavy atom. The summed E-state index contributed by atoms with van der Waals surface area (Å²) in [4.78, 5) is 12.0. The molecule has 1 amide bonds. The number of fused-ring (bicyclic) bond motifs is 1. The second-order valence-electron chi connectivity index (χ2n) is 3.06. The molecule has 1 N–H and O–H groups in total. The second-order valence-corrected chi connectivity index (χ2v) is 3.06. The van der Waals surface area contributed by atoms with Crippen LogP contribution in [0.3, 0.4) is 0 Å². The molecule has 0 fully saturated rings. The Morgan fingerprint density at radius 1 is 1.56 bits per heavy atom. The van der Waals surface area contributed by atoms with Crippen molar-refractivity contribution in [3.05, 3.63) is 41.8 Å². The average molecular weight is 257 g/mol. The molecule has 0 unspecified atom stereocenters. The van der Waals surface area contributed by atoms with E-state index in [2.05, 4.69) is 0 Å². The molecule has 2 rings (SSSR count). The summed E-state index contributed by atoms with van der Waals surface area (Å²) in [6.45, 7) is -7.22. The molecule has 3 nitrogen and oxygen atoms in total. The number of methoxy groups -OCH3 is 1. The number of ether oxygens (including phenoxy) is 1. The van der Waals surface area contributed by atoms with Gasteiger partial charge in [0.1, 0.15) is 5.75 Å². The summed E-state index contributed by atoms with van der Waals surface area (Å²) in [5, 5.41) is -2.03. The molecule has 0 radical (unpaired) electrons. The Hall–Kier alpha value is -2.03. The SMILES string of the molecule is [2H]c1c([2H])c(C([2H])([2H])C([2H])([2H])N([2H])C(=O)C([2H])([2H])[2H])c2c([2H])c(OC)c([2H])c([2H])c2c1[2H]. The zero-order chi connectivity index (χ0) is 25.1. The maximum atomic E-state index is 12.0. The van der Waals surface area contributed by atoms with Crippen molar-refractivity contribution in [3.8, 4) is 5.75 Å². The normalized spacial score (nSPS) is 23.8. The number of hydrogen-bond acceptors (Lipinski definition) is 2. The molecule has 94 valence electrons. The van der Waals surface area contributed by atoms with Crippen LogP contribution in [0.4, 0.5) is 0 Å². The van der Waals surface area contributed by atoms with Crippen molar-refractivity contribution >= 4 is 16.7 Å². The van der Waals surface area contributed by atoms with E-state index in [0.717, 1.165) is 7.11 Å². The highest BCUT2D eigenvalue weighted by molar-refractivity contribution is 5.87. The molecule has 0 spiro atoms. The predicted molar refractivity (Wildman–Crippen MR) is 72.9 cm³/mol. The summed E-state index contributed by atoms with van der Waals surface area (Å²) in [6.07, 6.45) is -3.58. The van der Waals surface area contributed by atoms with Crippen molar-refractivity contribution in [2.45, 2.75) is 13.2 Å². The molecule has 0 aromatic heterocycles. The van der Waals surface area contributed by atoms with Crippen LogP contribution >= 0.6 is 0 Å². The Morgan fingerprint density at radius 3 is 3.22 bits per heavy atom. The van der Waals surface area contributed by atoms with Gasteiger partial charge in [0, 0.05) is 22.9 Å². The summed E-state index contributed by atoms with van der Waals surface area (Å²) in [6, 6.07) is -5.00. The van der Waals surface area contributed by atoms with Crippen LogP contribution in [0, 0.1) is 0 Å². The molecule has 0 saturated carbocycles. The van der Waals surface area contributed by atoms with Crippen molar-refractivity contribution < 1.29 is 28.8 Å². The van der Waals surface area contributed by atoms with Crippen LogP contribution in [0.5, 0.6) is 5.75 Å². The van der Waals surface area contributed by atoms with Crippen LogP contribution in [-0.4, -0.2) is 19.5 Å². The van der Waals surface area contributed by atoms with Crippen molar-refractivity contribution in [2.75, 3.05) is 13.6 Å². The second kappa shape index (κ2) is 5.54. The third-order valence-electron chi connectivity index (χ3n) is 1.96. The number of carbonyl (C=O) groups excluding carboxylic acids is 1. The fourth-order valence-corrected chi connectivity index (χ4v) is 1.22. The van der Waals surface area contributed by atoms with Crippen LogP contribution < -0.4 is 10.0 Å². The topological polar surface area (TPSA) is 38.3 Å². The molecule has 0 heterocycles. The molecular formula is C15H17NO2. The summed E-state index contributed by atoms with van der Waals surface area (Å²) >= 11 is 0.